The van der Waals surface area contributed by atoms with Gasteiger partial charge in [-0.1, -0.05) is 0 Å². The maximum atomic E-state index is 12.7. The maximum Gasteiger partial charge on any atom is 0.257 e. The number of aromatic nitrogens is 2. The Morgan fingerprint density at radius 3 is 3.19 bits per heavy atom. The molecule has 0 saturated carbocycles. The van der Waals surface area contributed by atoms with E-state index in [1.165, 1.54) is 0 Å². The number of hydrogen-bond donors (Lipinski definition) is 2. The smallest absolute Gasteiger partial charge is 0.257 e. The van der Waals surface area contributed by atoms with Crippen molar-refractivity contribution in [2.75, 3.05) is 13.1 Å². The Bertz CT molecular complexity index is 603. The number of carbonyl (C=O) groups is 1. The van der Waals surface area contributed by atoms with Crippen LogP contribution in [0.4, 0.5) is 0 Å². The molecule has 2 aromatic heterocycles. The molecule has 2 unspecified atom stereocenters. The zero-order valence-corrected chi connectivity index (χ0v) is 12.0. The average molecular weight is 289 g/mol. The molecule has 1 aliphatic heterocycles. The number of nitrogens with zero attached hydrogens (tertiary/aromatic N) is 2. The van der Waals surface area contributed by atoms with Crippen LogP contribution in [-0.2, 0) is 0 Å². The third-order valence-corrected chi connectivity index (χ3v) is 4.11. The molecule has 2 atom stereocenters. The molecule has 1 fully saturated rings. The molecular formula is C15H19N3O3. The molecule has 3 rings (SSSR count). The van der Waals surface area contributed by atoms with E-state index in [1.807, 2.05) is 0 Å². The topological polar surface area (TPSA) is 82.4 Å². The summed E-state index contributed by atoms with van der Waals surface area (Å²) >= 11 is 0. The summed E-state index contributed by atoms with van der Waals surface area (Å²) < 4.78 is 5.06. The standard InChI is InChI=1S/C15H19N3O3/c1-10(19)11-3-2-5-18(8-11)15(20)13-7-16-17-14(13)12-4-6-21-9-12/h4,6-7,9-11,19H,2-3,5,8H2,1H3,(H,16,17). The lowest BCUT2D eigenvalue weighted by atomic mass is 9.93. The molecule has 0 aliphatic carbocycles. The molecule has 2 N–H and O–H groups in total. The molecule has 6 heteroatoms. The zero-order chi connectivity index (χ0) is 14.8. The molecule has 0 radical (unpaired) electrons. The highest BCUT2D eigenvalue weighted by atomic mass is 16.3. The number of aromatic amines is 1. The summed E-state index contributed by atoms with van der Waals surface area (Å²) in [5, 5.41) is 16.6. The van der Waals surface area contributed by atoms with Crippen molar-refractivity contribution in [3.8, 4) is 11.3 Å². The predicted octanol–water partition coefficient (Wildman–Crippen LogP) is 1.90. The summed E-state index contributed by atoms with van der Waals surface area (Å²) in [5.41, 5.74) is 2.02. The Morgan fingerprint density at radius 1 is 1.62 bits per heavy atom. The number of rotatable bonds is 3. The lowest BCUT2D eigenvalue weighted by Gasteiger charge is -2.34. The highest BCUT2D eigenvalue weighted by molar-refractivity contribution is 5.99. The van der Waals surface area contributed by atoms with Crippen LogP contribution in [0.15, 0.2) is 29.2 Å². The van der Waals surface area contributed by atoms with Gasteiger partial charge in [-0.25, -0.2) is 0 Å². The van der Waals surface area contributed by atoms with Crippen LogP contribution in [0.3, 0.4) is 0 Å². The second-order valence-electron chi connectivity index (χ2n) is 5.56. The Balaban J connectivity index is 1.81. The summed E-state index contributed by atoms with van der Waals surface area (Å²) in [4.78, 5) is 14.5. The van der Waals surface area contributed by atoms with Gasteiger partial charge in [0.05, 0.1) is 36.1 Å². The molecule has 0 spiro atoms. The quantitative estimate of drug-likeness (QED) is 0.904. The monoisotopic (exact) mass is 289 g/mol. The Kier molecular flexibility index (Phi) is 3.79. The number of likely N-dealkylation sites (tertiary alicyclic amines) is 1. The molecule has 21 heavy (non-hydrogen) atoms. The molecule has 0 aromatic carbocycles. The first-order valence-corrected chi connectivity index (χ1v) is 7.20. The number of H-pyrrole nitrogens is 1. The van der Waals surface area contributed by atoms with Crippen molar-refractivity contribution in [1.82, 2.24) is 15.1 Å². The summed E-state index contributed by atoms with van der Waals surface area (Å²) in [5.74, 6) is 0.0947. The van der Waals surface area contributed by atoms with Crippen molar-refractivity contribution in [1.29, 1.82) is 0 Å². The largest absolute Gasteiger partial charge is 0.472 e. The number of nitrogens with one attached hydrogen (secondary N) is 1. The second-order valence-corrected chi connectivity index (χ2v) is 5.56. The lowest BCUT2D eigenvalue weighted by Crippen LogP contribution is -2.43. The summed E-state index contributed by atoms with van der Waals surface area (Å²) in [6.07, 6.45) is 6.19. The second kappa shape index (κ2) is 5.73. The number of aliphatic hydroxyl groups excluding tert-OH is 1. The normalized spacial score (nSPS) is 20.5. The van der Waals surface area contributed by atoms with Crippen molar-refractivity contribution in [2.24, 2.45) is 5.92 Å². The van der Waals surface area contributed by atoms with E-state index in [1.54, 1.807) is 36.6 Å². The van der Waals surface area contributed by atoms with Gasteiger partial charge in [-0.05, 0) is 25.8 Å². The van der Waals surface area contributed by atoms with Gasteiger partial charge in [0.1, 0.15) is 0 Å². The van der Waals surface area contributed by atoms with Crippen LogP contribution in [0.25, 0.3) is 11.3 Å². The van der Waals surface area contributed by atoms with E-state index in [-0.39, 0.29) is 11.8 Å². The number of carbonyl (C=O) groups excluding carboxylic acids is 1. The third kappa shape index (κ3) is 2.71. The van der Waals surface area contributed by atoms with Gasteiger partial charge < -0.3 is 14.4 Å². The lowest BCUT2D eigenvalue weighted by molar-refractivity contribution is 0.0466. The van der Waals surface area contributed by atoms with Gasteiger partial charge in [0, 0.05) is 24.6 Å². The fourth-order valence-corrected chi connectivity index (χ4v) is 2.83. The van der Waals surface area contributed by atoms with Gasteiger partial charge in [-0.3, -0.25) is 9.89 Å². The number of hydrogen-bond acceptors (Lipinski definition) is 4. The van der Waals surface area contributed by atoms with Crippen LogP contribution in [0.1, 0.15) is 30.1 Å². The van der Waals surface area contributed by atoms with E-state index >= 15 is 0 Å². The van der Waals surface area contributed by atoms with E-state index in [2.05, 4.69) is 10.2 Å². The first kappa shape index (κ1) is 13.9. The SMILES string of the molecule is CC(O)C1CCCN(C(=O)c2cn[nH]c2-c2ccoc2)C1. The molecule has 1 aliphatic rings. The van der Waals surface area contributed by atoms with E-state index in [4.69, 9.17) is 4.42 Å². The molecule has 1 saturated heterocycles. The van der Waals surface area contributed by atoms with Gasteiger partial charge >= 0.3 is 0 Å². The first-order chi connectivity index (χ1) is 10.2. The molecule has 3 heterocycles. The molecule has 112 valence electrons. The average Bonchev–Trinajstić information content (AvgIpc) is 3.17. The minimum atomic E-state index is -0.390. The van der Waals surface area contributed by atoms with Crippen LogP contribution in [0.5, 0.6) is 0 Å². The van der Waals surface area contributed by atoms with Gasteiger partial charge in [-0.15, -0.1) is 0 Å². The van der Waals surface area contributed by atoms with Crippen LogP contribution in [0.2, 0.25) is 0 Å². The highest BCUT2D eigenvalue weighted by Crippen LogP contribution is 2.26. The molecule has 6 nitrogen and oxygen atoms in total. The van der Waals surface area contributed by atoms with Crippen LogP contribution >= 0.6 is 0 Å². The number of furan rings is 1. The Hall–Kier alpha value is -2.08. The van der Waals surface area contributed by atoms with E-state index in [0.29, 0.717) is 17.8 Å². The molecule has 1 amide bonds. The summed E-state index contributed by atoms with van der Waals surface area (Å²) in [6.45, 7) is 3.10. The van der Waals surface area contributed by atoms with Gasteiger partial charge in [0.2, 0.25) is 0 Å². The molecular weight excluding hydrogens is 270 g/mol. The summed E-state index contributed by atoms with van der Waals surface area (Å²) in [7, 11) is 0. The third-order valence-electron chi connectivity index (χ3n) is 4.11. The fourth-order valence-electron chi connectivity index (χ4n) is 2.83. The number of aliphatic hydroxyl groups is 1. The Morgan fingerprint density at radius 2 is 2.48 bits per heavy atom. The number of piperidine rings is 1. The van der Waals surface area contributed by atoms with Gasteiger partial charge in [0.25, 0.3) is 5.91 Å². The fraction of sp³-hybridized carbons (Fsp3) is 0.467. The van der Waals surface area contributed by atoms with Crippen molar-refractivity contribution in [3.63, 3.8) is 0 Å². The van der Waals surface area contributed by atoms with Gasteiger partial charge in [-0.2, -0.15) is 5.10 Å². The maximum absolute atomic E-state index is 12.7. The Labute approximate surface area is 122 Å². The molecule has 2 aromatic rings. The predicted molar refractivity (Wildman–Crippen MR) is 76.6 cm³/mol. The van der Waals surface area contributed by atoms with E-state index in [9.17, 15) is 9.90 Å². The van der Waals surface area contributed by atoms with Crippen LogP contribution in [-0.4, -0.2) is 45.3 Å². The van der Waals surface area contributed by atoms with Crippen molar-refractivity contribution < 1.29 is 14.3 Å². The van der Waals surface area contributed by atoms with E-state index < -0.39 is 6.10 Å². The van der Waals surface area contributed by atoms with E-state index in [0.717, 1.165) is 24.9 Å². The minimum absolute atomic E-state index is 0.0506. The minimum Gasteiger partial charge on any atom is -0.472 e. The van der Waals surface area contributed by atoms with Gasteiger partial charge in [0.15, 0.2) is 0 Å². The summed E-state index contributed by atoms with van der Waals surface area (Å²) in [6, 6.07) is 1.79. The first-order valence-electron chi connectivity index (χ1n) is 7.20. The molecule has 0 bridgehead atoms. The highest BCUT2D eigenvalue weighted by Gasteiger charge is 2.29. The number of amides is 1. The van der Waals surface area contributed by atoms with Crippen molar-refractivity contribution >= 4 is 5.91 Å². The van der Waals surface area contributed by atoms with Crippen LogP contribution in [0, 0.1) is 5.92 Å². The van der Waals surface area contributed by atoms with Crippen molar-refractivity contribution in [3.05, 3.63) is 30.4 Å². The van der Waals surface area contributed by atoms with Crippen molar-refractivity contribution in [2.45, 2.75) is 25.9 Å². The van der Waals surface area contributed by atoms with Crippen LogP contribution < -0.4 is 0 Å². The zero-order valence-electron chi connectivity index (χ0n) is 12.0.